The Hall–Kier alpha value is -0.270. The van der Waals surface area contributed by atoms with Crippen LogP contribution in [0.15, 0.2) is 0 Å². The first kappa shape index (κ1) is 15.8. The Balaban J connectivity index is 2.57. The number of nitrogens with two attached hydrogens (primary N) is 1. The number of thioether (sulfide) groups is 1. The van der Waals surface area contributed by atoms with Gasteiger partial charge < -0.3 is 10.6 Å². The van der Waals surface area contributed by atoms with Crippen molar-refractivity contribution in [3.05, 3.63) is 0 Å². The summed E-state index contributed by atoms with van der Waals surface area (Å²) in [4.78, 5) is 14.0. The van der Waals surface area contributed by atoms with Crippen LogP contribution in [-0.4, -0.2) is 60.9 Å². The molecule has 2 N–H and O–H groups in total. The molecule has 1 rings (SSSR count). The van der Waals surface area contributed by atoms with E-state index in [1.807, 2.05) is 18.7 Å². The number of hydrogen-bond acceptors (Lipinski definition) is 5. The van der Waals surface area contributed by atoms with E-state index >= 15 is 0 Å². The van der Waals surface area contributed by atoms with Gasteiger partial charge in [0.05, 0.1) is 11.8 Å². The van der Waals surface area contributed by atoms with Crippen molar-refractivity contribution in [2.24, 2.45) is 5.73 Å². The first-order valence-electron chi connectivity index (χ1n) is 6.08. The van der Waals surface area contributed by atoms with Crippen molar-refractivity contribution in [3.63, 3.8) is 0 Å². The van der Waals surface area contributed by atoms with Crippen LogP contribution in [0.2, 0.25) is 0 Å². The van der Waals surface area contributed by atoms with E-state index < -0.39 is 15.9 Å². The van der Waals surface area contributed by atoms with E-state index in [1.54, 1.807) is 4.90 Å². The van der Waals surface area contributed by atoms with Crippen molar-refractivity contribution < 1.29 is 13.2 Å². The highest BCUT2D eigenvalue weighted by Gasteiger charge is 2.31. The van der Waals surface area contributed by atoms with E-state index in [0.29, 0.717) is 11.8 Å². The van der Waals surface area contributed by atoms with Crippen molar-refractivity contribution in [2.45, 2.75) is 37.6 Å². The molecule has 1 aliphatic rings. The van der Waals surface area contributed by atoms with Gasteiger partial charge in [-0.15, -0.1) is 0 Å². The van der Waals surface area contributed by atoms with Crippen LogP contribution in [0.5, 0.6) is 0 Å². The van der Waals surface area contributed by atoms with Crippen molar-refractivity contribution in [1.82, 2.24) is 4.90 Å². The maximum Gasteiger partial charge on any atom is 0.239 e. The summed E-state index contributed by atoms with van der Waals surface area (Å²) < 4.78 is 22.1. The van der Waals surface area contributed by atoms with Gasteiger partial charge in [-0.2, -0.15) is 11.8 Å². The van der Waals surface area contributed by atoms with Gasteiger partial charge >= 0.3 is 0 Å². The molecule has 106 valence electrons. The van der Waals surface area contributed by atoms with Gasteiger partial charge in [-0.3, -0.25) is 4.79 Å². The lowest BCUT2D eigenvalue weighted by Gasteiger charge is -2.38. The van der Waals surface area contributed by atoms with Crippen molar-refractivity contribution in [1.29, 1.82) is 0 Å². The molecule has 18 heavy (non-hydrogen) atoms. The molecule has 1 aliphatic heterocycles. The predicted octanol–water partition coefficient (Wildman–Crippen LogP) is 0.101. The van der Waals surface area contributed by atoms with Gasteiger partial charge in [0.2, 0.25) is 5.91 Å². The summed E-state index contributed by atoms with van der Waals surface area (Å²) in [5.41, 5.74) is 5.80. The molecule has 1 saturated heterocycles. The molecule has 0 aromatic carbocycles. The van der Waals surface area contributed by atoms with E-state index in [4.69, 9.17) is 5.73 Å². The van der Waals surface area contributed by atoms with Crippen LogP contribution in [0.3, 0.4) is 0 Å². The number of carbonyl (C=O) groups is 1. The van der Waals surface area contributed by atoms with Crippen molar-refractivity contribution in [2.75, 3.05) is 24.3 Å². The number of sulfone groups is 1. The Morgan fingerprint density at radius 2 is 2.11 bits per heavy atom. The van der Waals surface area contributed by atoms with Gasteiger partial charge in [-0.1, -0.05) is 6.92 Å². The van der Waals surface area contributed by atoms with E-state index in [0.717, 1.165) is 12.0 Å². The molecule has 0 bridgehead atoms. The Morgan fingerprint density at radius 1 is 1.50 bits per heavy atom. The molecular formula is C11H22N2O3S2. The van der Waals surface area contributed by atoms with E-state index in [1.165, 1.54) is 0 Å². The van der Waals surface area contributed by atoms with Crippen LogP contribution in [-0.2, 0) is 14.6 Å². The largest absolute Gasteiger partial charge is 0.337 e. The third kappa shape index (κ3) is 4.44. The Labute approximate surface area is 113 Å². The fraction of sp³-hybridized carbons (Fsp3) is 0.909. The van der Waals surface area contributed by atoms with Gasteiger partial charge in [0, 0.05) is 29.8 Å². The molecule has 1 heterocycles. The van der Waals surface area contributed by atoms with Crippen LogP contribution in [0, 0.1) is 0 Å². The lowest BCUT2D eigenvalue weighted by Crippen LogP contribution is -2.53. The second-order valence-corrected chi connectivity index (χ2v) is 8.62. The first-order chi connectivity index (χ1) is 8.22. The molecule has 3 atom stereocenters. The lowest BCUT2D eigenvalue weighted by atomic mass is 10.1. The molecule has 0 spiro atoms. The summed E-state index contributed by atoms with van der Waals surface area (Å²) in [5, 5.41) is 0.393. The molecule has 0 radical (unpaired) electrons. The third-order valence-corrected chi connectivity index (χ3v) is 5.60. The fourth-order valence-electron chi connectivity index (χ4n) is 1.92. The minimum atomic E-state index is -3.06. The third-order valence-electron chi connectivity index (χ3n) is 3.28. The summed E-state index contributed by atoms with van der Waals surface area (Å²) in [6.07, 6.45) is 1.36. The van der Waals surface area contributed by atoms with Crippen LogP contribution in [0.4, 0.5) is 0 Å². The summed E-state index contributed by atoms with van der Waals surface area (Å²) in [6, 6.07) is -0.557. The van der Waals surface area contributed by atoms with Crippen molar-refractivity contribution >= 4 is 27.5 Å². The van der Waals surface area contributed by atoms with Gasteiger partial charge in [-0.05, 0) is 13.3 Å². The first-order valence-corrected chi connectivity index (χ1v) is 9.18. The number of nitrogens with zero attached hydrogens (tertiary/aromatic N) is 1. The maximum absolute atomic E-state index is 12.2. The van der Waals surface area contributed by atoms with Gasteiger partial charge in [0.1, 0.15) is 9.84 Å². The highest BCUT2D eigenvalue weighted by molar-refractivity contribution is 8.00. The smallest absolute Gasteiger partial charge is 0.239 e. The summed E-state index contributed by atoms with van der Waals surface area (Å²) in [5.74, 6) is 0.751. The lowest BCUT2D eigenvalue weighted by molar-refractivity contribution is -0.134. The van der Waals surface area contributed by atoms with Crippen LogP contribution < -0.4 is 5.73 Å². The number of hydrogen-bond donors (Lipinski definition) is 1. The summed E-state index contributed by atoms with van der Waals surface area (Å²) in [7, 11) is -3.06. The average molecular weight is 294 g/mol. The van der Waals surface area contributed by atoms with Gasteiger partial charge in [0.15, 0.2) is 0 Å². The van der Waals surface area contributed by atoms with Crippen LogP contribution >= 0.6 is 11.8 Å². The molecule has 7 heteroatoms. The molecule has 5 nitrogen and oxygen atoms in total. The highest BCUT2D eigenvalue weighted by Crippen LogP contribution is 2.24. The number of carbonyl (C=O) groups excluding carboxylic acids is 1. The second kappa shape index (κ2) is 6.25. The normalized spacial score (nSPS) is 27.0. The topological polar surface area (TPSA) is 80.5 Å². The van der Waals surface area contributed by atoms with Gasteiger partial charge in [0.25, 0.3) is 0 Å². The van der Waals surface area contributed by atoms with E-state index in [2.05, 4.69) is 6.92 Å². The maximum atomic E-state index is 12.2. The molecule has 0 saturated carbocycles. The van der Waals surface area contributed by atoms with Gasteiger partial charge in [-0.25, -0.2) is 8.42 Å². The SMILES string of the molecule is CC1SCCN(C(=O)C(N)CCS(C)(=O)=O)C1C. The zero-order valence-corrected chi connectivity index (χ0v) is 12.8. The second-order valence-electron chi connectivity index (χ2n) is 4.87. The zero-order valence-electron chi connectivity index (χ0n) is 11.1. The standard InChI is InChI=1S/C11H22N2O3S2/c1-8-9(2)17-6-5-13(8)11(14)10(12)4-7-18(3,15)16/h8-10H,4-7,12H2,1-3H3. The molecular weight excluding hydrogens is 272 g/mol. The quantitative estimate of drug-likeness (QED) is 0.795. The Bertz CT molecular complexity index is 397. The minimum Gasteiger partial charge on any atom is -0.337 e. The fourth-order valence-corrected chi connectivity index (χ4v) is 3.70. The number of amides is 1. The molecule has 0 aliphatic carbocycles. The molecule has 3 unspecified atom stereocenters. The number of rotatable bonds is 4. The molecule has 0 aromatic rings. The van der Waals surface area contributed by atoms with Crippen molar-refractivity contribution in [3.8, 4) is 0 Å². The Kier molecular flexibility index (Phi) is 5.48. The van der Waals surface area contributed by atoms with Crippen LogP contribution in [0.25, 0.3) is 0 Å². The predicted molar refractivity (Wildman–Crippen MR) is 75.4 cm³/mol. The summed E-state index contributed by atoms with van der Waals surface area (Å²) in [6.45, 7) is 4.80. The molecule has 1 amide bonds. The monoisotopic (exact) mass is 294 g/mol. The molecule has 0 aromatic heterocycles. The highest BCUT2D eigenvalue weighted by atomic mass is 32.2. The molecule has 1 fully saturated rings. The van der Waals surface area contributed by atoms with E-state index in [9.17, 15) is 13.2 Å². The van der Waals surface area contributed by atoms with E-state index in [-0.39, 0.29) is 24.1 Å². The summed E-state index contributed by atoms with van der Waals surface area (Å²) >= 11 is 1.85. The minimum absolute atomic E-state index is 0.0353. The Morgan fingerprint density at radius 3 is 2.67 bits per heavy atom. The average Bonchev–Trinajstić information content (AvgIpc) is 2.28. The van der Waals surface area contributed by atoms with Crippen LogP contribution in [0.1, 0.15) is 20.3 Å². The zero-order chi connectivity index (χ0) is 13.9.